The zero-order chi connectivity index (χ0) is 16.4. The summed E-state index contributed by atoms with van der Waals surface area (Å²) in [5.74, 6) is 1.14. The van der Waals surface area contributed by atoms with E-state index in [4.69, 9.17) is 0 Å². The molecule has 2 aromatic rings. The highest BCUT2D eigenvalue weighted by atomic mass is 32.2. The maximum absolute atomic E-state index is 12.4. The first-order valence-electron chi connectivity index (χ1n) is 7.28. The number of thiazole rings is 1. The number of aromatic nitrogens is 2. The van der Waals surface area contributed by atoms with Crippen LogP contribution in [0.15, 0.2) is 28.0 Å². The zero-order valence-electron chi connectivity index (χ0n) is 13.0. The predicted octanol–water partition coefficient (Wildman–Crippen LogP) is 1.45. The Morgan fingerprint density at radius 3 is 2.87 bits per heavy atom. The maximum Gasteiger partial charge on any atom is 0.264 e. The van der Waals surface area contributed by atoms with Gasteiger partial charge in [-0.1, -0.05) is 0 Å². The summed E-state index contributed by atoms with van der Waals surface area (Å²) in [7, 11) is -1.67. The van der Waals surface area contributed by atoms with Gasteiger partial charge in [-0.3, -0.25) is 4.72 Å². The first-order chi connectivity index (χ1) is 11.0. The Morgan fingerprint density at radius 1 is 1.43 bits per heavy atom. The van der Waals surface area contributed by atoms with Gasteiger partial charge in [0.2, 0.25) is 0 Å². The molecule has 23 heavy (non-hydrogen) atoms. The van der Waals surface area contributed by atoms with Crippen LogP contribution in [0.2, 0.25) is 0 Å². The molecule has 9 heteroatoms. The minimum absolute atomic E-state index is 0.143. The summed E-state index contributed by atoms with van der Waals surface area (Å²) in [6, 6.07) is 2.03. The van der Waals surface area contributed by atoms with Crippen LogP contribution in [0.25, 0.3) is 0 Å². The Hall–Kier alpha value is -1.71. The van der Waals surface area contributed by atoms with Crippen LogP contribution in [0.3, 0.4) is 0 Å². The zero-order valence-corrected chi connectivity index (χ0v) is 14.6. The second-order valence-electron chi connectivity index (χ2n) is 5.55. The van der Waals surface area contributed by atoms with E-state index < -0.39 is 10.0 Å². The van der Waals surface area contributed by atoms with Crippen molar-refractivity contribution < 1.29 is 8.42 Å². The highest BCUT2D eigenvalue weighted by Crippen LogP contribution is 2.23. The molecule has 2 aromatic heterocycles. The average Bonchev–Trinajstić information content (AvgIpc) is 3.19. The Morgan fingerprint density at radius 2 is 2.26 bits per heavy atom. The molecule has 1 fully saturated rings. The summed E-state index contributed by atoms with van der Waals surface area (Å²) in [4.78, 5) is 10.6. The number of anilines is 2. The van der Waals surface area contributed by atoms with Crippen molar-refractivity contribution >= 4 is 33.0 Å². The van der Waals surface area contributed by atoms with Gasteiger partial charge in [-0.2, -0.15) is 0 Å². The normalized spacial score (nSPS) is 18.1. The second kappa shape index (κ2) is 6.42. The molecule has 0 aromatic carbocycles. The molecule has 0 unspecified atom stereocenters. The molecule has 0 saturated carbocycles. The van der Waals surface area contributed by atoms with E-state index >= 15 is 0 Å². The number of sulfonamides is 1. The van der Waals surface area contributed by atoms with E-state index in [0.717, 1.165) is 30.9 Å². The quantitative estimate of drug-likeness (QED) is 0.846. The Balaban J connectivity index is 1.83. The van der Waals surface area contributed by atoms with Gasteiger partial charge < -0.3 is 10.2 Å². The number of hydrogen-bond donors (Lipinski definition) is 2. The third-order valence-corrected chi connectivity index (χ3v) is 5.83. The minimum atomic E-state index is -3.67. The number of pyridine rings is 1. The highest BCUT2D eigenvalue weighted by molar-refractivity contribution is 7.92. The summed E-state index contributed by atoms with van der Waals surface area (Å²) in [5.41, 5.74) is 2.41. The largest absolute Gasteiger partial charge is 0.355 e. The van der Waals surface area contributed by atoms with E-state index in [9.17, 15) is 8.42 Å². The number of aryl methyl sites for hydroxylation is 1. The van der Waals surface area contributed by atoms with Crippen molar-refractivity contribution in [3.8, 4) is 0 Å². The van der Waals surface area contributed by atoms with E-state index in [2.05, 4.69) is 24.9 Å². The fourth-order valence-corrected chi connectivity index (χ4v) is 4.25. The molecule has 0 radical (unpaired) electrons. The molecule has 1 aliphatic rings. The van der Waals surface area contributed by atoms with Crippen molar-refractivity contribution in [1.82, 2.24) is 15.3 Å². The molecule has 7 nitrogen and oxygen atoms in total. The lowest BCUT2D eigenvalue weighted by atomic mass is 10.2. The lowest BCUT2D eigenvalue weighted by Crippen LogP contribution is -2.34. The SMILES string of the molecule is Cc1cc(S(=O)(=O)Nc2cscn2)cnc1N(C)[C@@H]1CCNC1. The predicted molar refractivity (Wildman–Crippen MR) is 91.6 cm³/mol. The molecule has 1 saturated heterocycles. The molecule has 0 bridgehead atoms. The van der Waals surface area contributed by atoms with Crippen LogP contribution in [0.4, 0.5) is 11.6 Å². The van der Waals surface area contributed by atoms with Crippen LogP contribution < -0.4 is 14.9 Å². The van der Waals surface area contributed by atoms with E-state index in [1.54, 1.807) is 17.0 Å². The van der Waals surface area contributed by atoms with Crippen LogP contribution in [0.1, 0.15) is 12.0 Å². The Kier molecular flexibility index (Phi) is 4.51. The van der Waals surface area contributed by atoms with Crippen molar-refractivity contribution in [2.75, 3.05) is 29.8 Å². The number of rotatable bonds is 5. The van der Waals surface area contributed by atoms with Gasteiger partial charge in [-0.25, -0.2) is 18.4 Å². The van der Waals surface area contributed by atoms with Crippen molar-refractivity contribution in [3.05, 3.63) is 28.7 Å². The van der Waals surface area contributed by atoms with E-state index in [1.165, 1.54) is 17.5 Å². The second-order valence-corrected chi connectivity index (χ2v) is 7.95. The van der Waals surface area contributed by atoms with Crippen LogP contribution in [0.5, 0.6) is 0 Å². The van der Waals surface area contributed by atoms with E-state index in [1.807, 2.05) is 14.0 Å². The minimum Gasteiger partial charge on any atom is -0.355 e. The summed E-state index contributed by atoms with van der Waals surface area (Å²) >= 11 is 1.33. The molecule has 0 spiro atoms. The van der Waals surface area contributed by atoms with Crippen LogP contribution in [-0.4, -0.2) is 44.6 Å². The number of likely N-dealkylation sites (N-methyl/N-ethyl adjacent to an activating group) is 1. The summed E-state index contributed by atoms with van der Waals surface area (Å²) < 4.78 is 27.2. The van der Waals surface area contributed by atoms with Gasteiger partial charge in [-0.15, -0.1) is 11.3 Å². The van der Waals surface area contributed by atoms with E-state index in [0.29, 0.717) is 11.9 Å². The Labute approximate surface area is 139 Å². The maximum atomic E-state index is 12.4. The molecule has 1 aliphatic heterocycles. The van der Waals surface area contributed by atoms with Gasteiger partial charge >= 0.3 is 0 Å². The molecule has 1 atom stereocenters. The monoisotopic (exact) mass is 353 g/mol. The number of nitrogens with one attached hydrogen (secondary N) is 2. The first-order valence-corrected chi connectivity index (χ1v) is 9.71. The molecule has 3 heterocycles. The van der Waals surface area contributed by atoms with Crippen molar-refractivity contribution in [3.63, 3.8) is 0 Å². The van der Waals surface area contributed by atoms with Gasteiger partial charge in [0.25, 0.3) is 10.0 Å². The summed E-state index contributed by atoms with van der Waals surface area (Å²) in [5, 5.41) is 4.97. The molecule has 0 aliphatic carbocycles. The molecular formula is C14H19N5O2S2. The van der Waals surface area contributed by atoms with Crippen molar-refractivity contribution in [2.24, 2.45) is 0 Å². The fourth-order valence-electron chi connectivity index (χ4n) is 2.66. The third kappa shape index (κ3) is 3.46. The van der Waals surface area contributed by atoms with Gasteiger partial charge in [0.05, 0.1) is 5.51 Å². The van der Waals surface area contributed by atoms with Gasteiger partial charge in [-0.05, 0) is 31.5 Å². The van der Waals surface area contributed by atoms with Crippen molar-refractivity contribution in [1.29, 1.82) is 0 Å². The summed E-state index contributed by atoms with van der Waals surface area (Å²) in [6.45, 7) is 3.80. The van der Waals surface area contributed by atoms with Gasteiger partial charge in [0, 0.05) is 31.2 Å². The van der Waals surface area contributed by atoms with Crippen LogP contribution in [-0.2, 0) is 10.0 Å². The van der Waals surface area contributed by atoms with Crippen molar-refractivity contribution in [2.45, 2.75) is 24.3 Å². The summed E-state index contributed by atoms with van der Waals surface area (Å²) in [6.07, 6.45) is 2.46. The molecule has 0 amide bonds. The van der Waals surface area contributed by atoms with Gasteiger partial charge in [0.1, 0.15) is 10.7 Å². The number of nitrogens with zero attached hydrogens (tertiary/aromatic N) is 3. The molecular weight excluding hydrogens is 334 g/mol. The fraction of sp³-hybridized carbons (Fsp3) is 0.429. The highest BCUT2D eigenvalue weighted by Gasteiger charge is 2.23. The van der Waals surface area contributed by atoms with Crippen LogP contribution >= 0.6 is 11.3 Å². The average molecular weight is 353 g/mol. The lowest BCUT2D eigenvalue weighted by Gasteiger charge is -2.26. The first kappa shape index (κ1) is 16.2. The standard InChI is InChI=1S/C14H19N5O2S2/c1-10-5-12(23(20,21)18-13-8-22-9-17-13)7-16-14(10)19(2)11-3-4-15-6-11/h5,7-9,11,15,18H,3-4,6H2,1-2H3/t11-/m1/s1. The number of hydrogen-bond acceptors (Lipinski definition) is 7. The smallest absolute Gasteiger partial charge is 0.264 e. The van der Waals surface area contributed by atoms with E-state index in [-0.39, 0.29) is 4.90 Å². The third-order valence-electron chi connectivity index (χ3n) is 3.92. The Bertz CT molecular complexity index is 770. The van der Waals surface area contributed by atoms with Gasteiger partial charge in [0.15, 0.2) is 5.82 Å². The van der Waals surface area contributed by atoms with Crippen LogP contribution in [0, 0.1) is 6.92 Å². The topological polar surface area (TPSA) is 87.2 Å². The lowest BCUT2D eigenvalue weighted by molar-refractivity contribution is 0.600. The molecule has 124 valence electrons. The molecule has 2 N–H and O–H groups in total. The molecule has 3 rings (SSSR count).